The van der Waals surface area contributed by atoms with Crippen LogP contribution in [0.1, 0.15) is 5.56 Å². The van der Waals surface area contributed by atoms with E-state index in [0.717, 1.165) is 11.5 Å². The average Bonchev–Trinajstić information content (AvgIpc) is 2.39. The molecule has 0 bridgehead atoms. The van der Waals surface area contributed by atoms with Gasteiger partial charge in [0.2, 0.25) is 0 Å². The van der Waals surface area contributed by atoms with Crippen molar-refractivity contribution >= 4 is 19.9 Å². The lowest BCUT2D eigenvalue weighted by molar-refractivity contribution is 0.414. The minimum atomic E-state index is -1.32. The summed E-state index contributed by atoms with van der Waals surface area (Å²) in [5, 5.41) is 0. The Balaban J connectivity index is 2.19. The van der Waals surface area contributed by atoms with Crippen molar-refractivity contribution in [1.82, 2.24) is 0 Å². The minimum absolute atomic E-state index is 0.866. The highest BCUT2D eigenvalue weighted by Crippen LogP contribution is 2.59. The van der Waals surface area contributed by atoms with Crippen LogP contribution in [0.15, 0.2) is 59.5 Å². The Morgan fingerprint density at radius 1 is 1.00 bits per heavy atom. The molecule has 2 rings (SSSR count). The highest BCUT2D eigenvalue weighted by atomic mass is 35.7. The molecular formula is C15H17ClOS. The molecule has 18 heavy (non-hydrogen) atoms. The van der Waals surface area contributed by atoms with Crippen LogP contribution in [0.2, 0.25) is 0 Å². The quantitative estimate of drug-likeness (QED) is 0.778. The first kappa shape index (κ1) is 13.3. The molecule has 0 saturated carbocycles. The first-order valence-electron chi connectivity index (χ1n) is 5.75. The van der Waals surface area contributed by atoms with Crippen molar-refractivity contribution in [2.45, 2.75) is 10.6 Å². The van der Waals surface area contributed by atoms with Crippen molar-refractivity contribution in [1.29, 1.82) is 0 Å². The molecule has 0 aromatic heterocycles. The number of benzene rings is 2. The van der Waals surface area contributed by atoms with Crippen LogP contribution in [0.4, 0.5) is 0 Å². The van der Waals surface area contributed by atoms with Gasteiger partial charge in [-0.1, -0.05) is 41.0 Å². The lowest BCUT2D eigenvalue weighted by Gasteiger charge is -2.28. The fourth-order valence-electron chi connectivity index (χ4n) is 1.83. The van der Waals surface area contributed by atoms with Gasteiger partial charge in [0.25, 0.3) is 0 Å². The SMILES string of the molecule is COc1ccc(S(C)(Cl)Cc2ccccc2)cc1. The van der Waals surface area contributed by atoms with Gasteiger partial charge >= 0.3 is 0 Å². The van der Waals surface area contributed by atoms with E-state index in [-0.39, 0.29) is 0 Å². The summed E-state index contributed by atoms with van der Waals surface area (Å²) in [7, 11) is 7.08. The Kier molecular flexibility index (Phi) is 4.20. The van der Waals surface area contributed by atoms with Gasteiger partial charge in [-0.3, -0.25) is 0 Å². The predicted octanol–water partition coefficient (Wildman–Crippen LogP) is 4.84. The lowest BCUT2D eigenvalue weighted by atomic mass is 10.2. The number of hydrogen-bond donors (Lipinski definition) is 0. The maximum atomic E-state index is 6.73. The summed E-state index contributed by atoms with van der Waals surface area (Å²) in [5.41, 5.74) is 1.28. The van der Waals surface area contributed by atoms with Gasteiger partial charge in [-0.15, -0.1) is 9.24 Å². The van der Waals surface area contributed by atoms with Gasteiger partial charge in [0, 0.05) is 10.6 Å². The Morgan fingerprint density at radius 3 is 2.17 bits per heavy atom. The summed E-state index contributed by atoms with van der Waals surface area (Å²) >= 11 is 0. The number of halogens is 1. The van der Waals surface area contributed by atoms with E-state index >= 15 is 0 Å². The highest BCUT2D eigenvalue weighted by Gasteiger charge is 2.18. The van der Waals surface area contributed by atoms with E-state index in [1.54, 1.807) is 7.11 Å². The lowest BCUT2D eigenvalue weighted by Crippen LogP contribution is -1.96. The molecule has 2 aromatic carbocycles. The van der Waals surface area contributed by atoms with E-state index in [2.05, 4.69) is 42.7 Å². The molecule has 0 N–H and O–H groups in total. The average molecular weight is 281 g/mol. The first-order valence-corrected chi connectivity index (χ1v) is 8.79. The Morgan fingerprint density at radius 2 is 1.61 bits per heavy atom. The van der Waals surface area contributed by atoms with E-state index in [4.69, 9.17) is 15.4 Å². The van der Waals surface area contributed by atoms with Crippen molar-refractivity contribution in [3.63, 3.8) is 0 Å². The second-order valence-electron chi connectivity index (χ2n) is 4.28. The zero-order chi connectivity index (χ0) is 13.0. The van der Waals surface area contributed by atoms with Gasteiger partial charge in [0.1, 0.15) is 5.75 Å². The maximum Gasteiger partial charge on any atom is 0.118 e. The fourth-order valence-corrected chi connectivity index (χ4v) is 4.21. The van der Waals surface area contributed by atoms with Crippen molar-refractivity contribution in [3.05, 3.63) is 60.2 Å². The fraction of sp³-hybridized carbons (Fsp3) is 0.200. The van der Waals surface area contributed by atoms with Crippen LogP contribution in [0, 0.1) is 0 Å². The molecule has 0 spiro atoms. The van der Waals surface area contributed by atoms with Gasteiger partial charge < -0.3 is 4.74 Å². The molecule has 96 valence electrons. The zero-order valence-corrected chi connectivity index (χ0v) is 12.2. The summed E-state index contributed by atoms with van der Waals surface area (Å²) in [6.45, 7) is 0. The third-order valence-electron chi connectivity index (χ3n) is 2.83. The van der Waals surface area contributed by atoms with Crippen LogP contribution in [0.3, 0.4) is 0 Å². The molecule has 0 radical (unpaired) electrons. The van der Waals surface area contributed by atoms with Crippen LogP contribution in [0.25, 0.3) is 0 Å². The van der Waals surface area contributed by atoms with Crippen molar-refractivity contribution < 1.29 is 4.74 Å². The second-order valence-corrected chi connectivity index (χ2v) is 9.04. The Labute approximate surface area is 115 Å². The van der Waals surface area contributed by atoms with Gasteiger partial charge in [-0.05, 0) is 36.1 Å². The molecule has 1 atom stereocenters. The van der Waals surface area contributed by atoms with Crippen molar-refractivity contribution in [3.8, 4) is 5.75 Å². The molecule has 0 heterocycles. The van der Waals surface area contributed by atoms with Crippen LogP contribution in [-0.2, 0) is 5.75 Å². The molecule has 1 nitrogen and oxygen atoms in total. The van der Waals surface area contributed by atoms with Crippen LogP contribution < -0.4 is 4.74 Å². The topological polar surface area (TPSA) is 9.23 Å². The number of rotatable bonds is 4. The summed E-state index contributed by atoms with van der Waals surface area (Å²) in [4.78, 5) is 1.19. The van der Waals surface area contributed by atoms with Crippen molar-refractivity contribution in [2.24, 2.45) is 0 Å². The van der Waals surface area contributed by atoms with Crippen molar-refractivity contribution in [2.75, 3.05) is 13.4 Å². The summed E-state index contributed by atoms with van der Waals surface area (Å²) < 4.78 is 5.17. The molecule has 0 fully saturated rings. The van der Waals surface area contributed by atoms with Crippen LogP contribution in [0.5, 0.6) is 5.75 Å². The van der Waals surface area contributed by atoms with E-state index in [0.29, 0.717) is 0 Å². The van der Waals surface area contributed by atoms with Crippen LogP contribution in [-0.4, -0.2) is 13.4 Å². The minimum Gasteiger partial charge on any atom is -0.497 e. The van der Waals surface area contributed by atoms with Gasteiger partial charge in [-0.2, -0.15) is 0 Å². The monoisotopic (exact) mass is 280 g/mol. The van der Waals surface area contributed by atoms with E-state index < -0.39 is 9.24 Å². The van der Waals surface area contributed by atoms with E-state index in [1.807, 2.05) is 18.2 Å². The predicted molar refractivity (Wildman–Crippen MR) is 80.8 cm³/mol. The van der Waals surface area contributed by atoms with Crippen LogP contribution >= 0.6 is 19.9 Å². The molecule has 0 aliphatic carbocycles. The largest absolute Gasteiger partial charge is 0.497 e. The number of ether oxygens (including phenoxy) is 1. The third kappa shape index (κ3) is 3.21. The molecule has 2 aromatic rings. The van der Waals surface area contributed by atoms with E-state index in [1.165, 1.54) is 10.5 Å². The van der Waals surface area contributed by atoms with Gasteiger partial charge in [-0.25, -0.2) is 0 Å². The van der Waals surface area contributed by atoms with Gasteiger partial charge in [0.05, 0.1) is 7.11 Å². The first-order chi connectivity index (χ1) is 8.62. The number of methoxy groups -OCH3 is 1. The molecule has 1 unspecified atom stereocenters. The molecule has 0 aliphatic heterocycles. The zero-order valence-electron chi connectivity index (χ0n) is 10.6. The van der Waals surface area contributed by atoms with Gasteiger partial charge in [0.15, 0.2) is 0 Å². The van der Waals surface area contributed by atoms with E-state index in [9.17, 15) is 0 Å². The third-order valence-corrected chi connectivity index (χ3v) is 5.82. The smallest absolute Gasteiger partial charge is 0.118 e. The summed E-state index contributed by atoms with van der Waals surface area (Å²) in [6, 6.07) is 18.4. The molecule has 0 amide bonds. The Hall–Kier alpha value is -1.12. The number of hydrogen-bond acceptors (Lipinski definition) is 1. The normalized spacial score (nSPS) is 15.7. The molecular weight excluding hydrogens is 264 g/mol. The molecule has 0 aliphatic rings. The highest BCUT2D eigenvalue weighted by molar-refractivity contribution is 8.50. The summed E-state index contributed by atoms with van der Waals surface area (Å²) in [5.74, 6) is 1.76. The Bertz CT molecular complexity index is 494. The maximum absolute atomic E-state index is 6.73. The second kappa shape index (κ2) is 5.68. The molecule has 0 saturated heterocycles. The summed E-state index contributed by atoms with van der Waals surface area (Å²) in [6.07, 6.45) is 2.13. The standard InChI is InChI=1S/C15H17ClOS/c1-17-14-8-10-15(11-9-14)18(2,16)12-13-6-4-3-5-7-13/h3-11H,12H2,1-2H3. The molecule has 3 heteroatoms.